The van der Waals surface area contributed by atoms with Gasteiger partial charge in [-0.05, 0) is 66.6 Å². The number of fused-ring (bicyclic) bond motifs is 2. The summed E-state index contributed by atoms with van der Waals surface area (Å²) in [6.45, 7) is 11.4. The summed E-state index contributed by atoms with van der Waals surface area (Å²) in [6, 6.07) is 0. The van der Waals surface area contributed by atoms with Crippen LogP contribution in [-0.2, 0) is 4.79 Å². The van der Waals surface area contributed by atoms with Crippen LogP contribution in [0.25, 0.3) is 0 Å². The molecule has 4 aliphatic carbocycles. The van der Waals surface area contributed by atoms with E-state index in [1.54, 1.807) is 0 Å². The van der Waals surface area contributed by atoms with Gasteiger partial charge in [-0.15, -0.1) is 0 Å². The molecule has 4 saturated carbocycles. The minimum atomic E-state index is -0.0346. The molecular formula is C17H26O. The molecule has 1 spiro atoms. The van der Waals surface area contributed by atoms with Crippen molar-refractivity contribution in [2.45, 2.75) is 53.9 Å². The number of rotatable bonds is 1. The van der Waals surface area contributed by atoms with Crippen LogP contribution in [0.2, 0.25) is 0 Å². The highest BCUT2D eigenvalue weighted by atomic mass is 16.1. The minimum absolute atomic E-state index is 0.0346. The van der Waals surface area contributed by atoms with Gasteiger partial charge in [-0.25, -0.2) is 0 Å². The molecule has 5 unspecified atom stereocenters. The van der Waals surface area contributed by atoms with Crippen LogP contribution in [0.4, 0.5) is 0 Å². The molecule has 0 N–H and O–H groups in total. The molecule has 18 heavy (non-hydrogen) atoms. The lowest BCUT2D eigenvalue weighted by atomic mass is 9.50. The molecular weight excluding hydrogens is 220 g/mol. The summed E-state index contributed by atoms with van der Waals surface area (Å²) in [5, 5.41) is 0. The van der Waals surface area contributed by atoms with Gasteiger partial charge >= 0.3 is 0 Å². The standard InChI is InChI=1S/C17H26O/c1-9-13-14-11-6-7-15(3,4)12(17(11,13)14)8-16(9,5)10(2)18/h9,11-14H,6-8H2,1-5H3/t9?,11-,12?,13?,14?,16?,17+/m1/s1. The zero-order chi connectivity index (χ0) is 13.1. The van der Waals surface area contributed by atoms with Gasteiger partial charge in [0.2, 0.25) is 0 Å². The fourth-order valence-electron chi connectivity index (χ4n) is 6.60. The molecule has 4 aliphatic rings. The maximum Gasteiger partial charge on any atom is 0.135 e. The fraction of sp³-hybridized carbons (Fsp3) is 0.941. The van der Waals surface area contributed by atoms with E-state index < -0.39 is 0 Å². The van der Waals surface area contributed by atoms with Crippen molar-refractivity contribution in [3.8, 4) is 0 Å². The SMILES string of the molecule is CC(=O)C1(C)CC2C(C)(C)CC[C@@H]3C4C(C1C)[C@@]423. The van der Waals surface area contributed by atoms with Crippen molar-refractivity contribution in [3.05, 3.63) is 0 Å². The van der Waals surface area contributed by atoms with Gasteiger partial charge in [-0.3, -0.25) is 4.79 Å². The molecule has 4 rings (SSSR count). The van der Waals surface area contributed by atoms with Crippen molar-refractivity contribution in [1.82, 2.24) is 0 Å². The minimum Gasteiger partial charge on any atom is -0.299 e. The zero-order valence-electron chi connectivity index (χ0n) is 12.4. The lowest BCUT2D eigenvalue weighted by molar-refractivity contribution is -0.139. The van der Waals surface area contributed by atoms with E-state index in [9.17, 15) is 4.79 Å². The third-order valence-corrected chi connectivity index (χ3v) is 8.02. The molecule has 1 nitrogen and oxygen atoms in total. The number of carbonyl (C=O) groups is 1. The second kappa shape index (κ2) is 2.74. The van der Waals surface area contributed by atoms with E-state index in [0.717, 1.165) is 29.1 Å². The summed E-state index contributed by atoms with van der Waals surface area (Å²) in [6.07, 6.45) is 4.02. The van der Waals surface area contributed by atoms with Crippen LogP contribution < -0.4 is 0 Å². The van der Waals surface area contributed by atoms with Gasteiger partial charge < -0.3 is 0 Å². The number of Topliss-reactive ketones (excluding diaryl/α,β-unsaturated/α-hetero) is 1. The first-order valence-electron chi connectivity index (χ1n) is 7.79. The van der Waals surface area contributed by atoms with E-state index >= 15 is 0 Å². The van der Waals surface area contributed by atoms with Crippen molar-refractivity contribution < 1.29 is 4.79 Å². The Morgan fingerprint density at radius 1 is 1.17 bits per heavy atom. The van der Waals surface area contributed by atoms with Crippen LogP contribution in [-0.4, -0.2) is 5.78 Å². The summed E-state index contributed by atoms with van der Waals surface area (Å²) in [7, 11) is 0. The average molecular weight is 246 g/mol. The van der Waals surface area contributed by atoms with E-state index in [1.165, 1.54) is 19.3 Å². The van der Waals surface area contributed by atoms with Crippen LogP contribution in [0.3, 0.4) is 0 Å². The van der Waals surface area contributed by atoms with E-state index in [2.05, 4.69) is 27.7 Å². The van der Waals surface area contributed by atoms with Crippen LogP contribution in [0.15, 0.2) is 0 Å². The zero-order valence-corrected chi connectivity index (χ0v) is 12.4. The van der Waals surface area contributed by atoms with Crippen molar-refractivity contribution in [2.24, 2.45) is 45.8 Å². The van der Waals surface area contributed by atoms with E-state index in [-0.39, 0.29) is 5.41 Å². The lowest BCUT2D eigenvalue weighted by Gasteiger charge is -2.54. The number of ketones is 1. The van der Waals surface area contributed by atoms with Gasteiger partial charge in [-0.1, -0.05) is 27.7 Å². The van der Waals surface area contributed by atoms with Gasteiger partial charge in [0.25, 0.3) is 0 Å². The lowest BCUT2D eigenvalue weighted by Crippen LogP contribution is -2.50. The molecule has 100 valence electrons. The first-order chi connectivity index (χ1) is 8.28. The fourth-order valence-corrected chi connectivity index (χ4v) is 6.60. The largest absolute Gasteiger partial charge is 0.299 e. The summed E-state index contributed by atoms with van der Waals surface area (Å²) in [5.74, 6) is 4.86. The topological polar surface area (TPSA) is 17.1 Å². The van der Waals surface area contributed by atoms with Gasteiger partial charge in [0.05, 0.1) is 0 Å². The van der Waals surface area contributed by atoms with Gasteiger partial charge in [0.1, 0.15) is 5.78 Å². The van der Waals surface area contributed by atoms with Gasteiger partial charge in [0.15, 0.2) is 0 Å². The van der Waals surface area contributed by atoms with Crippen molar-refractivity contribution in [3.63, 3.8) is 0 Å². The highest BCUT2D eigenvalue weighted by molar-refractivity contribution is 5.83. The van der Waals surface area contributed by atoms with Gasteiger partial charge in [0, 0.05) is 5.41 Å². The molecule has 0 aromatic heterocycles. The first-order valence-corrected chi connectivity index (χ1v) is 7.79. The molecule has 0 aromatic carbocycles. The summed E-state index contributed by atoms with van der Waals surface area (Å²) in [4.78, 5) is 12.2. The van der Waals surface area contributed by atoms with E-state index in [0.29, 0.717) is 17.1 Å². The Labute approximate surface area is 111 Å². The first kappa shape index (κ1) is 11.5. The van der Waals surface area contributed by atoms with Gasteiger partial charge in [-0.2, -0.15) is 0 Å². The van der Waals surface area contributed by atoms with Crippen molar-refractivity contribution in [2.75, 3.05) is 0 Å². The molecule has 0 radical (unpaired) electrons. The predicted molar refractivity (Wildman–Crippen MR) is 72.0 cm³/mol. The maximum absolute atomic E-state index is 12.2. The summed E-state index contributed by atoms with van der Waals surface area (Å²) in [5.41, 5.74) is 1.15. The molecule has 0 heterocycles. The molecule has 0 aliphatic heterocycles. The summed E-state index contributed by atoms with van der Waals surface area (Å²) >= 11 is 0. The Morgan fingerprint density at radius 3 is 2.44 bits per heavy atom. The molecule has 0 aromatic rings. The molecule has 0 amide bonds. The van der Waals surface area contributed by atoms with Crippen molar-refractivity contribution >= 4 is 5.78 Å². The molecule has 0 bridgehead atoms. The molecule has 4 fully saturated rings. The Bertz CT molecular complexity index is 451. The quantitative estimate of drug-likeness (QED) is 0.685. The third-order valence-electron chi connectivity index (χ3n) is 8.02. The Morgan fingerprint density at radius 2 is 1.83 bits per heavy atom. The second-order valence-corrected chi connectivity index (χ2v) is 8.70. The Balaban J connectivity index is 1.76. The third kappa shape index (κ3) is 0.916. The van der Waals surface area contributed by atoms with Crippen LogP contribution >= 0.6 is 0 Å². The highest BCUT2D eigenvalue weighted by Gasteiger charge is 2.92. The molecule has 1 heteroatoms. The maximum atomic E-state index is 12.2. The van der Waals surface area contributed by atoms with Crippen LogP contribution in [0, 0.1) is 45.8 Å². The number of hydrogen-bond acceptors (Lipinski definition) is 1. The Kier molecular flexibility index (Phi) is 1.75. The highest BCUT2D eigenvalue weighted by Crippen LogP contribution is 2.96. The van der Waals surface area contributed by atoms with Crippen molar-refractivity contribution in [1.29, 1.82) is 0 Å². The summed E-state index contributed by atoms with van der Waals surface area (Å²) < 4.78 is 0. The van der Waals surface area contributed by atoms with Crippen LogP contribution in [0.1, 0.15) is 53.9 Å². The monoisotopic (exact) mass is 246 g/mol. The molecule has 7 atom stereocenters. The molecule has 0 saturated heterocycles. The van der Waals surface area contributed by atoms with E-state index in [1.807, 2.05) is 6.92 Å². The van der Waals surface area contributed by atoms with Crippen LogP contribution in [0.5, 0.6) is 0 Å². The smallest absolute Gasteiger partial charge is 0.135 e. The Hall–Kier alpha value is -0.330. The normalized spacial score (nSPS) is 62.6. The number of carbonyl (C=O) groups excluding carboxylic acids is 1. The second-order valence-electron chi connectivity index (χ2n) is 8.70. The number of hydrogen-bond donors (Lipinski definition) is 0. The van der Waals surface area contributed by atoms with E-state index in [4.69, 9.17) is 0 Å². The predicted octanol–water partition coefficient (Wildman–Crippen LogP) is 3.92. The average Bonchev–Trinajstić information content (AvgIpc) is 3.09.